The lowest BCUT2D eigenvalue weighted by atomic mass is 10.0. The molecule has 0 fully saturated rings. The van der Waals surface area contributed by atoms with Crippen molar-refractivity contribution in [3.05, 3.63) is 35.9 Å². The van der Waals surface area contributed by atoms with E-state index >= 15 is 0 Å². The van der Waals surface area contributed by atoms with Crippen molar-refractivity contribution < 1.29 is 20.1 Å². The van der Waals surface area contributed by atoms with E-state index in [-0.39, 0.29) is 11.8 Å². The van der Waals surface area contributed by atoms with Crippen LogP contribution in [0.1, 0.15) is 46.6 Å². The number of esters is 1. The molecule has 24 heavy (non-hydrogen) atoms. The molecule has 134 valence electrons. The van der Waals surface area contributed by atoms with Crippen molar-refractivity contribution in [3.8, 4) is 0 Å². The Morgan fingerprint density at radius 3 is 2.25 bits per heavy atom. The van der Waals surface area contributed by atoms with Gasteiger partial charge in [0.2, 0.25) is 0 Å². The number of hydrogen-bond acceptors (Lipinski definition) is 3. The molecule has 1 aromatic rings. The smallest absolute Gasteiger partial charge is 0.329 e. The molecule has 1 amide bonds. The van der Waals surface area contributed by atoms with Gasteiger partial charge in [-0.3, -0.25) is 4.79 Å². The molecule has 0 radical (unpaired) electrons. The molecule has 0 aliphatic rings. The lowest BCUT2D eigenvalue weighted by molar-refractivity contribution is -0.403. The van der Waals surface area contributed by atoms with Crippen molar-refractivity contribution in [2.75, 3.05) is 0 Å². The van der Waals surface area contributed by atoms with E-state index in [2.05, 4.69) is 11.1 Å². The van der Waals surface area contributed by atoms with Gasteiger partial charge >= 0.3 is 5.97 Å². The Morgan fingerprint density at radius 2 is 1.75 bits per heavy atom. The first-order chi connectivity index (χ1) is 11.1. The summed E-state index contributed by atoms with van der Waals surface area (Å²) >= 11 is 0. The third kappa shape index (κ3) is 7.59. The highest BCUT2D eigenvalue weighted by atomic mass is 16.6. The molecular formula is C19H31N2O3+. The molecule has 0 aliphatic heterocycles. The summed E-state index contributed by atoms with van der Waals surface area (Å²) < 4.78 is 5.43. The van der Waals surface area contributed by atoms with Crippen molar-refractivity contribution in [2.45, 2.75) is 65.1 Å². The first kappa shape index (κ1) is 20.2. The summed E-state index contributed by atoms with van der Waals surface area (Å²) in [5.74, 6) is -0.355. The second-order valence-electron chi connectivity index (χ2n) is 7.61. The number of carbonyl (C=O) groups is 2. The van der Waals surface area contributed by atoms with Crippen LogP contribution in [0.2, 0.25) is 0 Å². The minimum atomic E-state index is -0.642. The molecule has 0 spiro atoms. The summed E-state index contributed by atoms with van der Waals surface area (Å²) in [5, 5.41) is 2.81. The number of amides is 1. The second-order valence-corrected chi connectivity index (χ2v) is 7.61. The fraction of sp³-hybridized carbons (Fsp3) is 0.579. The maximum atomic E-state index is 12.4. The van der Waals surface area contributed by atoms with Crippen LogP contribution in [0.5, 0.6) is 0 Å². The number of nitrogens with one attached hydrogen (secondary N) is 1. The zero-order chi connectivity index (χ0) is 18.3. The van der Waals surface area contributed by atoms with Gasteiger partial charge in [0.1, 0.15) is 11.6 Å². The maximum absolute atomic E-state index is 12.4. The Bertz CT molecular complexity index is 535. The van der Waals surface area contributed by atoms with Gasteiger partial charge in [-0.2, -0.15) is 0 Å². The molecule has 5 heteroatoms. The van der Waals surface area contributed by atoms with Gasteiger partial charge in [-0.05, 0) is 38.7 Å². The van der Waals surface area contributed by atoms with Crippen LogP contribution in [0, 0.1) is 5.92 Å². The summed E-state index contributed by atoms with van der Waals surface area (Å²) in [7, 11) is 0. The van der Waals surface area contributed by atoms with Crippen molar-refractivity contribution in [3.63, 3.8) is 0 Å². The van der Waals surface area contributed by atoms with Gasteiger partial charge in [-0.25, -0.2) is 4.79 Å². The summed E-state index contributed by atoms with van der Waals surface area (Å²) in [6.07, 6.45) is 1.08. The van der Waals surface area contributed by atoms with Gasteiger partial charge in [0.15, 0.2) is 6.04 Å². The van der Waals surface area contributed by atoms with Gasteiger partial charge < -0.3 is 15.8 Å². The van der Waals surface area contributed by atoms with Crippen LogP contribution in [0.4, 0.5) is 0 Å². The molecule has 4 N–H and O–H groups in total. The van der Waals surface area contributed by atoms with Crippen LogP contribution in [0.25, 0.3) is 0 Å². The third-order valence-corrected chi connectivity index (χ3v) is 3.41. The molecule has 5 nitrogen and oxygen atoms in total. The predicted octanol–water partition coefficient (Wildman–Crippen LogP) is 1.71. The fourth-order valence-corrected chi connectivity index (χ4v) is 2.34. The van der Waals surface area contributed by atoms with Crippen molar-refractivity contribution in [1.29, 1.82) is 0 Å². The number of ether oxygens (including phenoxy) is 1. The van der Waals surface area contributed by atoms with E-state index in [1.807, 2.05) is 65.0 Å². The van der Waals surface area contributed by atoms with E-state index in [0.29, 0.717) is 12.8 Å². The lowest BCUT2D eigenvalue weighted by Gasteiger charge is -2.26. The second kappa shape index (κ2) is 8.83. The van der Waals surface area contributed by atoms with E-state index in [0.717, 1.165) is 5.56 Å². The van der Waals surface area contributed by atoms with Gasteiger partial charge in [-0.1, -0.05) is 44.2 Å². The Morgan fingerprint density at radius 1 is 1.17 bits per heavy atom. The summed E-state index contributed by atoms with van der Waals surface area (Å²) in [4.78, 5) is 24.8. The molecule has 2 atom stereocenters. The lowest BCUT2D eigenvalue weighted by Crippen LogP contribution is -2.69. The maximum Gasteiger partial charge on any atom is 0.329 e. The molecule has 0 bridgehead atoms. The van der Waals surface area contributed by atoms with Gasteiger partial charge in [0.05, 0.1) is 0 Å². The van der Waals surface area contributed by atoms with Crippen LogP contribution in [-0.4, -0.2) is 29.6 Å². The fourth-order valence-electron chi connectivity index (χ4n) is 2.34. The molecule has 1 aromatic carbocycles. The zero-order valence-corrected chi connectivity index (χ0v) is 15.5. The van der Waals surface area contributed by atoms with Crippen LogP contribution < -0.4 is 11.1 Å². The summed E-state index contributed by atoms with van der Waals surface area (Å²) in [6, 6.07) is 8.63. The highest BCUT2D eigenvalue weighted by Crippen LogP contribution is 2.13. The monoisotopic (exact) mass is 335 g/mol. The molecule has 0 saturated carbocycles. The van der Waals surface area contributed by atoms with Crippen molar-refractivity contribution in [1.82, 2.24) is 5.32 Å². The van der Waals surface area contributed by atoms with E-state index < -0.39 is 23.7 Å². The number of benzene rings is 1. The predicted molar refractivity (Wildman–Crippen MR) is 94.1 cm³/mol. The van der Waals surface area contributed by atoms with E-state index in [1.165, 1.54) is 0 Å². The number of carbonyl (C=O) groups excluding carboxylic acids is 2. The average Bonchev–Trinajstić information content (AvgIpc) is 2.45. The highest BCUT2D eigenvalue weighted by Gasteiger charge is 2.29. The largest absolute Gasteiger partial charge is 0.458 e. The first-order valence-electron chi connectivity index (χ1n) is 8.48. The Kier molecular flexibility index (Phi) is 7.42. The molecule has 0 saturated heterocycles. The third-order valence-electron chi connectivity index (χ3n) is 3.41. The minimum absolute atomic E-state index is 0.227. The number of quaternary nitrogens is 1. The Hall–Kier alpha value is -1.88. The topological polar surface area (TPSA) is 83.0 Å². The Balaban J connectivity index is 2.70. The van der Waals surface area contributed by atoms with Gasteiger partial charge in [0, 0.05) is 6.42 Å². The zero-order valence-electron chi connectivity index (χ0n) is 15.5. The quantitative estimate of drug-likeness (QED) is 0.744. The molecule has 0 aromatic heterocycles. The van der Waals surface area contributed by atoms with Crippen molar-refractivity contribution in [2.24, 2.45) is 5.92 Å². The molecule has 0 unspecified atom stereocenters. The van der Waals surface area contributed by atoms with Crippen LogP contribution in [0.15, 0.2) is 30.3 Å². The van der Waals surface area contributed by atoms with Crippen LogP contribution in [0.3, 0.4) is 0 Å². The molecule has 0 aliphatic carbocycles. The van der Waals surface area contributed by atoms with Crippen molar-refractivity contribution >= 4 is 11.9 Å². The highest BCUT2D eigenvalue weighted by molar-refractivity contribution is 5.86. The summed E-state index contributed by atoms with van der Waals surface area (Å²) in [5.41, 5.74) is 4.40. The van der Waals surface area contributed by atoms with Gasteiger partial charge in [0.25, 0.3) is 5.91 Å². The standard InChI is InChI=1S/C19H30N2O3/c1-13(2)11-16(18(23)24-19(3,4)5)21-17(22)15(20)12-14-9-7-6-8-10-14/h6-10,13,15-16H,11-12,20H2,1-5H3,(H,21,22)/p+1/t15-,16+/m1/s1. The van der Waals surface area contributed by atoms with E-state index in [9.17, 15) is 9.59 Å². The Labute approximate surface area is 145 Å². The first-order valence-corrected chi connectivity index (χ1v) is 8.48. The van der Waals surface area contributed by atoms with Gasteiger partial charge in [-0.15, -0.1) is 0 Å². The molecule has 1 rings (SSSR count). The minimum Gasteiger partial charge on any atom is -0.458 e. The molecule has 0 heterocycles. The SMILES string of the molecule is CC(C)C[C@H](NC(=O)[C@H]([NH3+])Cc1ccccc1)C(=O)OC(C)(C)C. The summed E-state index contributed by atoms with van der Waals surface area (Å²) in [6.45, 7) is 9.47. The van der Waals surface area contributed by atoms with Crippen LogP contribution in [-0.2, 0) is 20.7 Å². The number of rotatable bonds is 7. The van der Waals surface area contributed by atoms with E-state index in [4.69, 9.17) is 4.74 Å². The number of hydrogen-bond donors (Lipinski definition) is 2. The molecular weight excluding hydrogens is 304 g/mol. The van der Waals surface area contributed by atoms with Crippen LogP contribution >= 0.6 is 0 Å². The van der Waals surface area contributed by atoms with E-state index in [1.54, 1.807) is 0 Å². The normalized spacial score (nSPS) is 14.1. The average molecular weight is 335 g/mol.